The van der Waals surface area contributed by atoms with Gasteiger partial charge in [0.05, 0.1) is 4.92 Å². The van der Waals surface area contributed by atoms with Crippen molar-refractivity contribution in [3.63, 3.8) is 0 Å². The van der Waals surface area contributed by atoms with Crippen LogP contribution in [-0.2, 0) is 4.79 Å². The predicted molar refractivity (Wildman–Crippen MR) is 79.4 cm³/mol. The Morgan fingerprint density at radius 2 is 1.70 bits per heavy atom. The Bertz CT molecular complexity index is 636. The van der Waals surface area contributed by atoms with E-state index in [1.54, 1.807) is 18.2 Å². The number of hydrogen-bond acceptors (Lipinski definition) is 4. The first-order valence-electron chi connectivity index (χ1n) is 5.84. The maximum absolute atomic E-state index is 11.7. The molecule has 2 aromatic rings. The van der Waals surface area contributed by atoms with Gasteiger partial charge in [-0.15, -0.1) is 0 Å². The quantitative estimate of drug-likeness (QED) is 0.369. The van der Waals surface area contributed by atoms with Crippen LogP contribution in [0.4, 0.5) is 5.69 Å². The summed E-state index contributed by atoms with van der Waals surface area (Å²) in [6.07, 6.45) is 3.22. The third kappa shape index (κ3) is 4.07. The molecule has 0 saturated carbocycles. The van der Waals surface area contributed by atoms with E-state index in [2.05, 4.69) is 0 Å². The zero-order valence-electron chi connectivity index (χ0n) is 10.4. The van der Waals surface area contributed by atoms with Crippen LogP contribution in [0.15, 0.2) is 65.6 Å². The molecular weight excluding hydrogens is 274 g/mol. The van der Waals surface area contributed by atoms with E-state index in [-0.39, 0.29) is 10.8 Å². The van der Waals surface area contributed by atoms with Gasteiger partial charge in [-0.1, -0.05) is 36.4 Å². The molecule has 0 atom stereocenters. The Hall–Kier alpha value is -2.40. The standard InChI is InChI=1S/C15H11NO3S/c17-15(11-6-12-4-2-1-3-5-12)20-14-9-7-13(8-10-14)16(18)19/h1-11H/b11-6+. The average molecular weight is 285 g/mol. The summed E-state index contributed by atoms with van der Waals surface area (Å²) in [5.41, 5.74) is 0.965. The van der Waals surface area contributed by atoms with Crippen molar-refractivity contribution in [1.82, 2.24) is 0 Å². The van der Waals surface area contributed by atoms with Gasteiger partial charge in [0, 0.05) is 17.0 Å². The van der Waals surface area contributed by atoms with Crippen molar-refractivity contribution in [1.29, 1.82) is 0 Å². The average Bonchev–Trinajstić information content (AvgIpc) is 2.47. The van der Waals surface area contributed by atoms with Gasteiger partial charge >= 0.3 is 0 Å². The van der Waals surface area contributed by atoms with Gasteiger partial charge in [-0.25, -0.2) is 0 Å². The minimum atomic E-state index is -0.467. The zero-order valence-corrected chi connectivity index (χ0v) is 11.2. The van der Waals surface area contributed by atoms with Crippen molar-refractivity contribution in [2.24, 2.45) is 0 Å². The summed E-state index contributed by atoms with van der Waals surface area (Å²) in [6.45, 7) is 0. The van der Waals surface area contributed by atoms with Gasteiger partial charge in [-0.05, 0) is 35.5 Å². The fourth-order valence-electron chi connectivity index (χ4n) is 1.51. The highest BCUT2D eigenvalue weighted by Crippen LogP contribution is 2.22. The van der Waals surface area contributed by atoms with Crippen molar-refractivity contribution in [3.8, 4) is 0 Å². The SMILES string of the molecule is O=C(/C=C/c1ccccc1)Sc1ccc([N+](=O)[O-])cc1. The Morgan fingerprint density at radius 1 is 1.05 bits per heavy atom. The van der Waals surface area contributed by atoms with E-state index in [4.69, 9.17) is 0 Å². The fraction of sp³-hybridized carbons (Fsp3) is 0. The van der Waals surface area contributed by atoms with E-state index in [1.165, 1.54) is 18.2 Å². The number of carbonyl (C=O) groups is 1. The lowest BCUT2D eigenvalue weighted by atomic mass is 10.2. The summed E-state index contributed by atoms with van der Waals surface area (Å²) in [6, 6.07) is 15.4. The van der Waals surface area contributed by atoms with Gasteiger partial charge in [-0.3, -0.25) is 14.9 Å². The number of hydrogen-bond donors (Lipinski definition) is 0. The van der Waals surface area contributed by atoms with Crippen LogP contribution < -0.4 is 0 Å². The van der Waals surface area contributed by atoms with E-state index >= 15 is 0 Å². The van der Waals surface area contributed by atoms with Gasteiger partial charge in [-0.2, -0.15) is 0 Å². The number of nitro groups is 1. The monoisotopic (exact) mass is 285 g/mol. The highest BCUT2D eigenvalue weighted by atomic mass is 32.2. The van der Waals surface area contributed by atoms with Crippen molar-refractivity contribution in [3.05, 3.63) is 76.4 Å². The van der Waals surface area contributed by atoms with E-state index in [0.717, 1.165) is 17.3 Å². The molecule has 0 N–H and O–H groups in total. The fourth-order valence-corrected chi connectivity index (χ4v) is 2.16. The van der Waals surface area contributed by atoms with Crippen LogP contribution in [0, 0.1) is 10.1 Å². The molecule has 0 amide bonds. The van der Waals surface area contributed by atoms with Gasteiger partial charge in [0.1, 0.15) is 0 Å². The number of non-ortho nitro benzene ring substituents is 1. The first kappa shape index (κ1) is 14.0. The molecule has 0 fully saturated rings. The maximum atomic E-state index is 11.7. The lowest BCUT2D eigenvalue weighted by Gasteiger charge is -1.97. The van der Waals surface area contributed by atoms with Crippen LogP contribution in [0.25, 0.3) is 6.08 Å². The first-order chi connectivity index (χ1) is 9.65. The lowest BCUT2D eigenvalue weighted by Crippen LogP contribution is -1.88. The van der Waals surface area contributed by atoms with Crippen molar-refractivity contribution in [2.75, 3.05) is 0 Å². The minimum absolute atomic E-state index is 0.0154. The Balaban J connectivity index is 1.98. The van der Waals surface area contributed by atoms with Crippen LogP contribution in [0.2, 0.25) is 0 Å². The topological polar surface area (TPSA) is 60.2 Å². The molecule has 0 radical (unpaired) electrons. The van der Waals surface area contributed by atoms with Crippen molar-refractivity contribution >= 4 is 28.6 Å². The normalized spacial score (nSPS) is 10.6. The summed E-state index contributed by atoms with van der Waals surface area (Å²) in [5, 5.41) is 10.4. The molecule has 4 nitrogen and oxygen atoms in total. The molecule has 0 spiro atoms. The van der Waals surface area contributed by atoms with Crippen molar-refractivity contribution in [2.45, 2.75) is 4.90 Å². The second-order valence-electron chi connectivity index (χ2n) is 3.92. The smallest absolute Gasteiger partial charge is 0.269 e. The highest BCUT2D eigenvalue weighted by Gasteiger charge is 2.06. The van der Waals surface area contributed by atoms with Gasteiger partial charge in [0.25, 0.3) is 5.69 Å². The molecule has 5 heteroatoms. The van der Waals surface area contributed by atoms with E-state index in [1.807, 2.05) is 30.3 Å². The molecule has 0 aromatic heterocycles. The van der Waals surface area contributed by atoms with Crippen LogP contribution >= 0.6 is 11.8 Å². The maximum Gasteiger partial charge on any atom is 0.269 e. The summed E-state index contributed by atoms with van der Waals surface area (Å²) in [7, 11) is 0. The third-order valence-corrected chi connectivity index (χ3v) is 3.32. The first-order valence-corrected chi connectivity index (χ1v) is 6.66. The molecule has 2 aromatic carbocycles. The second kappa shape index (κ2) is 6.68. The second-order valence-corrected chi connectivity index (χ2v) is 4.99. The summed E-state index contributed by atoms with van der Waals surface area (Å²) < 4.78 is 0. The number of nitrogens with zero attached hydrogens (tertiary/aromatic N) is 1. The zero-order chi connectivity index (χ0) is 14.4. The predicted octanol–water partition coefficient (Wildman–Crippen LogP) is 3.93. The molecular formula is C15H11NO3S. The number of nitro benzene ring substituents is 1. The number of carbonyl (C=O) groups excluding carboxylic acids is 1. The van der Waals surface area contributed by atoms with Gasteiger partial charge in [0.15, 0.2) is 0 Å². The number of thioether (sulfide) groups is 1. The molecule has 0 aliphatic carbocycles. The Kier molecular flexibility index (Phi) is 4.68. The van der Waals surface area contributed by atoms with Crippen LogP contribution in [0.5, 0.6) is 0 Å². The van der Waals surface area contributed by atoms with Crippen LogP contribution in [-0.4, -0.2) is 10.0 Å². The van der Waals surface area contributed by atoms with Crippen LogP contribution in [0.3, 0.4) is 0 Å². The molecule has 2 rings (SSSR count). The van der Waals surface area contributed by atoms with Gasteiger partial charge in [0.2, 0.25) is 5.12 Å². The molecule has 0 bridgehead atoms. The number of benzene rings is 2. The molecule has 0 unspecified atom stereocenters. The molecule has 100 valence electrons. The van der Waals surface area contributed by atoms with Gasteiger partial charge < -0.3 is 0 Å². The van der Waals surface area contributed by atoms with E-state index < -0.39 is 4.92 Å². The Labute approximate surface area is 120 Å². The molecule has 0 saturated heterocycles. The summed E-state index contributed by atoms with van der Waals surface area (Å²) in [5.74, 6) is 0. The van der Waals surface area contributed by atoms with E-state index in [9.17, 15) is 14.9 Å². The Morgan fingerprint density at radius 3 is 2.30 bits per heavy atom. The third-order valence-electron chi connectivity index (χ3n) is 2.48. The molecule has 0 aliphatic rings. The van der Waals surface area contributed by atoms with E-state index in [0.29, 0.717) is 4.90 Å². The largest absolute Gasteiger partial charge is 0.282 e. The highest BCUT2D eigenvalue weighted by molar-refractivity contribution is 8.14. The van der Waals surface area contributed by atoms with Crippen LogP contribution in [0.1, 0.15) is 5.56 Å². The summed E-state index contributed by atoms with van der Waals surface area (Å²) >= 11 is 1.03. The molecule has 20 heavy (non-hydrogen) atoms. The minimum Gasteiger partial charge on any atom is -0.282 e. The lowest BCUT2D eigenvalue weighted by molar-refractivity contribution is -0.384. The van der Waals surface area contributed by atoms with Crippen molar-refractivity contribution < 1.29 is 9.72 Å². The molecule has 0 heterocycles. The molecule has 0 aliphatic heterocycles. The number of rotatable bonds is 4. The summed E-state index contributed by atoms with van der Waals surface area (Å²) in [4.78, 5) is 22.5.